The maximum atomic E-state index is 8.55. The van der Waals surface area contributed by atoms with Crippen molar-refractivity contribution in [1.29, 1.82) is 0 Å². The van der Waals surface area contributed by atoms with Gasteiger partial charge in [0, 0.05) is 0 Å². The van der Waals surface area contributed by atoms with Gasteiger partial charge in [-0.2, -0.15) is 0 Å². The minimum atomic E-state index is -0.102. The Morgan fingerprint density at radius 1 is 1.57 bits per heavy atom. The molecule has 1 nitrogen and oxygen atoms in total. The van der Waals surface area contributed by atoms with Crippen molar-refractivity contribution in [2.45, 2.75) is 40.2 Å². The summed E-state index contributed by atoms with van der Waals surface area (Å²) in [6.45, 7) is 3.87. The zero-order valence-electron chi connectivity index (χ0n) is 4.44. The van der Waals surface area contributed by atoms with Crippen LogP contribution < -0.4 is 0 Å². The molecule has 46 valence electrons. The van der Waals surface area contributed by atoms with E-state index in [2.05, 4.69) is 6.92 Å². The second-order valence-corrected chi connectivity index (χ2v) is 1.64. The van der Waals surface area contributed by atoms with Crippen LogP contribution in [0.25, 0.3) is 0 Å². The molecule has 1 heteroatoms. The average molecular weight is 104 g/mol. The molecule has 0 fully saturated rings. The smallest absolute Gasteiger partial charge is 0.0512 e. The molecule has 0 aromatic carbocycles. The Kier molecular flexibility index (Phi) is 8.56. The van der Waals surface area contributed by atoms with Crippen LogP contribution in [0.5, 0.6) is 0 Å². The lowest BCUT2D eigenvalue weighted by molar-refractivity contribution is 0.183. The van der Waals surface area contributed by atoms with Gasteiger partial charge in [-0.25, -0.2) is 0 Å². The van der Waals surface area contributed by atoms with E-state index in [1.54, 1.807) is 0 Å². The second kappa shape index (κ2) is 5.96. The van der Waals surface area contributed by atoms with Gasteiger partial charge in [-0.05, 0) is 13.3 Å². The Labute approximate surface area is 46.4 Å². The Balaban J connectivity index is 0. The van der Waals surface area contributed by atoms with E-state index in [9.17, 15) is 0 Å². The molecule has 0 saturated carbocycles. The van der Waals surface area contributed by atoms with Crippen LogP contribution in [-0.2, 0) is 0 Å². The van der Waals surface area contributed by atoms with Crippen molar-refractivity contribution >= 4 is 0 Å². The van der Waals surface area contributed by atoms with E-state index in [1.165, 1.54) is 0 Å². The van der Waals surface area contributed by atoms with Crippen LogP contribution in [0, 0.1) is 0 Å². The number of rotatable bonds is 2. The van der Waals surface area contributed by atoms with Gasteiger partial charge in [-0.3, -0.25) is 0 Å². The molecule has 1 N–H and O–H groups in total. The number of aliphatic hydroxyl groups is 1. The highest BCUT2D eigenvalue weighted by molar-refractivity contribution is 4.40. The van der Waals surface area contributed by atoms with Gasteiger partial charge in [0.2, 0.25) is 0 Å². The summed E-state index contributed by atoms with van der Waals surface area (Å²) in [5.41, 5.74) is 0. The maximum absolute atomic E-state index is 8.55. The fourth-order valence-corrected chi connectivity index (χ4v) is 0.418. The van der Waals surface area contributed by atoms with Gasteiger partial charge in [0.25, 0.3) is 0 Å². The van der Waals surface area contributed by atoms with E-state index in [0.717, 1.165) is 12.8 Å². The summed E-state index contributed by atoms with van der Waals surface area (Å²) in [6.07, 6.45) is 1.91. The van der Waals surface area contributed by atoms with Gasteiger partial charge in [0.1, 0.15) is 0 Å². The summed E-state index contributed by atoms with van der Waals surface area (Å²) in [5.74, 6) is 0. The van der Waals surface area contributed by atoms with Crippen LogP contribution in [0.15, 0.2) is 0 Å². The van der Waals surface area contributed by atoms with Crippen molar-refractivity contribution in [3.05, 3.63) is 0 Å². The third kappa shape index (κ3) is 10.7. The van der Waals surface area contributed by atoms with Gasteiger partial charge >= 0.3 is 0 Å². The summed E-state index contributed by atoms with van der Waals surface area (Å²) in [6, 6.07) is 0. The molecule has 1 atom stereocenters. The van der Waals surface area contributed by atoms with E-state index in [0.29, 0.717) is 0 Å². The molecular formula is C6H16O. The Morgan fingerprint density at radius 3 is 2.00 bits per heavy atom. The number of hydrogen-bond acceptors (Lipinski definition) is 1. The molecule has 1 unspecified atom stereocenters. The molecule has 0 saturated heterocycles. The molecule has 0 amide bonds. The molecule has 0 aromatic rings. The third-order valence-corrected chi connectivity index (χ3v) is 0.706. The molecular weight excluding hydrogens is 88.1 g/mol. The van der Waals surface area contributed by atoms with Crippen LogP contribution in [0.3, 0.4) is 0 Å². The standard InChI is InChI=1S/C5H12O.CH4/c1-3-4-5(2)6;/h5-6H,3-4H2,1-2H3;1H4. The van der Waals surface area contributed by atoms with E-state index in [1.807, 2.05) is 6.92 Å². The van der Waals surface area contributed by atoms with Gasteiger partial charge in [-0.15, -0.1) is 0 Å². The van der Waals surface area contributed by atoms with Crippen molar-refractivity contribution in [1.82, 2.24) is 0 Å². The molecule has 0 aromatic heterocycles. The molecule has 0 spiro atoms. The summed E-state index contributed by atoms with van der Waals surface area (Å²) in [7, 11) is 0. The molecule has 0 radical (unpaired) electrons. The lowest BCUT2D eigenvalue weighted by Crippen LogP contribution is -1.95. The first-order valence-electron chi connectivity index (χ1n) is 2.45. The Morgan fingerprint density at radius 2 is 2.00 bits per heavy atom. The largest absolute Gasteiger partial charge is 0.393 e. The monoisotopic (exact) mass is 104 g/mol. The zero-order valence-corrected chi connectivity index (χ0v) is 4.44. The second-order valence-electron chi connectivity index (χ2n) is 1.64. The van der Waals surface area contributed by atoms with Gasteiger partial charge in [-0.1, -0.05) is 20.8 Å². The van der Waals surface area contributed by atoms with E-state index in [-0.39, 0.29) is 13.5 Å². The molecule has 0 rings (SSSR count). The SMILES string of the molecule is C.CCCC(C)O. The first-order chi connectivity index (χ1) is 2.77. The predicted octanol–water partition coefficient (Wildman–Crippen LogP) is 1.80. The highest BCUT2D eigenvalue weighted by Gasteiger charge is 1.87. The predicted molar refractivity (Wildman–Crippen MR) is 33.3 cm³/mol. The summed E-state index contributed by atoms with van der Waals surface area (Å²) in [4.78, 5) is 0. The van der Waals surface area contributed by atoms with Gasteiger partial charge in [0.05, 0.1) is 6.10 Å². The van der Waals surface area contributed by atoms with Crippen molar-refractivity contribution in [3.63, 3.8) is 0 Å². The zero-order chi connectivity index (χ0) is 4.99. The first kappa shape index (κ1) is 10.0. The number of hydrogen-bond donors (Lipinski definition) is 1. The van der Waals surface area contributed by atoms with Crippen molar-refractivity contribution in [2.75, 3.05) is 0 Å². The third-order valence-electron chi connectivity index (χ3n) is 0.706. The number of aliphatic hydroxyl groups excluding tert-OH is 1. The minimum Gasteiger partial charge on any atom is -0.393 e. The Bertz CT molecular complexity index is 25.4. The van der Waals surface area contributed by atoms with Gasteiger partial charge in [0.15, 0.2) is 0 Å². The van der Waals surface area contributed by atoms with Crippen LogP contribution in [0.4, 0.5) is 0 Å². The van der Waals surface area contributed by atoms with E-state index < -0.39 is 0 Å². The lowest BCUT2D eigenvalue weighted by atomic mass is 10.2. The van der Waals surface area contributed by atoms with Gasteiger partial charge < -0.3 is 5.11 Å². The molecule has 7 heavy (non-hydrogen) atoms. The summed E-state index contributed by atoms with van der Waals surface area (Å²) < 4.78 is 0. The molecule has 0 aliphatic rings. The fraction of sp³-hybridized carbons (Fsp3) is 1.00. The highest BCUT2D eigenvalue weighted by Crippen LogP contribution is 1.91. The highest BCUT2D eigenvalue weighted by atomic mass is 16.3. The van der Waals surface area contributed by atoms with Crippen molar-refractivity contribution in [2.24, 2.45) is 0 Å². The maximum Gasteiger partial charge on any atom is 0.0512 e. The van der Waals surface area contributed by atoms with Crippen molar-refractivity contribution in [3.8, 4) is 0 Å². The van der Waals surface area contributed by atoms with Crippen LogP contribution in [-0.4, -0.2) is 11.2 Å². The molecule has 0 bridgehead atoms. The van der Waals surface area contributed by atoms with E-state index in [4.69, 9.17) is 5.11 Å². The summed E-state index contributed by atoms with van der Waals surface area (Å²) in [5, 5.41) is 8.55. The van der Waals surface area contributed by atoms with Crippen LogP contribution >= 0.6 is 0 Å². The molecule has 0 aliphatic heterocycles. The van der Waals surface area contributed by atoms with Crippen molar-refractivity contribution < 1.29 is 5.11 Å². The Hall–Kier alpha value is -0.0400. The summed E-state index contributed by atoms with van der Waals surface area (Å²) >= 11 is 0. The molecule has 0 heterocycles. The quantitative estimate of drug-likeness (QED) is 0.566. The van der Waals surface area contributed by atoms with Crippen LogP contribution in [0.2, 0.25) is 0 Å². The normalized spacial score (nSPS) is 12.4. The first-order valence-corrected chi connectivity index (χ1v) is 2.45. The molecule has 0 aliphatic carbocycles. The van der Waals surface area contributed by atoms with E-state index >= 15 is 0 Å². The topological polar surface area (TPSA) is 20.2 Å². The van der Waals surface area contributed by atoms with Crippen LogP contribution in [0.1, 0.15) is 34.1 Å². The minimum absolute atomic E-state index is 0. The lowest BCUT2D eigenvalue weighted by Gasteiger charge is -1.95. The fourth-order valence-electron chi connectivity index (χ4n) is 0.418. The average Bonchev–Trinajstić information content (AvgIpc) is 1.35.